The molecule has 7 nitrogen and oxygen atoms in total. The molecule has 0 aromatic heterocycles. The van der Waals surface area contributed by atoms with Crippen molar-refractivity contribution in [2.24, 2.45) is 0 Å². The quantitative estimate of drug-likeness (QED) is 0.406. The molecule has 0 saturated carbocycles. The first-order valence-electron chi connectivity index (χ1n) is 7.59. The van der Waals surface area contributed by atoms with E-state index in [0.29, 0.717) is 30.6 Å². The van der Waals surface area contributed by atoms with Gasteiger partial charge in [-0.1, -0.05) is 12.1 Å². The molecule has 0 atom stereocenters. The summed E-state index contributed by atoms with van der Waals surface area (Å²) >= 11 is 5.32. The van der Waals surface area contributed by atoms with Gasteiger partial charge in [0.15, 0.2) is 0 Å². The molecule has 2 N–H and O–H groups in total. The Morgan fingerprint density at radius 3 is 2.04 bits per heavy atom. The number of carbonyl (C=O) groups is 4. The number of fused-ring (bicyclic) bond motifs is 1. The van der Waals surface area contributed by atoms with Crippen molar-refractivity contribution >= 4 is 35.2 Å². The van der Waals surface area contributed by atoms with Crippen LogP contribution in [-0.4, -0.2) is 54.0 Å². The zero-order valence-electron chi connectivity index (χ0n) is 13.0. The summed E-state index contributed by atoms with van der Waals surface area (Å²) in [6.45, 7) is 0.799. The number of amides is 4. The Kier molecular flexibility index (Phi) is 6.31. The maximum Gasteiger partial charge on any atom is 0.261 e. The number of nitrogens with one attached hydrogen (secondary N) is 2. The highest BCUT2D eigenvalue weighted by Crippen LogP contribution is 2.22. The number of rotatable bonds is 8. The number of imide groups is 1. The molecule has 0 saturated heterocycles. The highest BCUT2D eigenvalue weighted by Gasteiger charge is 2.34. The molecular weight excluding hydrogens is 334 g/mol. The molecule has 0 aliphatic carbocycles. The van der Waals surface area contributed by atoms with Gasteiger partial charge in [0.1, 0.15) is 5.88 Å². The van der Waals surface area contributed by atoms with Crippen LogP contribution < -0.4 is 10.6 Å². The van der Waals surface area contributed by atoms with Gasteiger partial charge >= 0.3 is 0 Å². The molecule has 1 heterocycles. The topological polar surface area (TPSA) is 95.6 Å². The molecule has 1 aromatic carbocycles. The monoisotopic (exact) mass is 351 g/mol. The fourth-order valence-electron chi connectivity index (χ4n) is 2.38. The normalized spacial score (nSPS) is 13.0. The average Bonchev–Trinajstić information content (AvgIpc) is 2.83. The molecule has 24 heavy (non-hydrogen) atoms. The Bertz CT molecular complexity index is 627. The maximum absolute atomic E-state index is 12.1. The first-order valence-corrected chi connectivity index (χ1v) is 8.12. The van der Waals surface area contributed by atoms with E-state index < -0.39 is 0 Å². The Labute approximate surface area is 144 Å². The third kappa shape index (κ3) is 4.32. The van der Waals surface area contributed by atoms with Gasteiger partial charge in [0.2, 0.25) is 11.8 Å². The minimum atomic E-state index is -0.320. The van der Waals surface area contributed by atoms with Crippen molar-refractivity contribution in [2.45, 2.75) is 12.8 Å². The van der Waals surface area contributed by atoms with Gasteiger partial charge in [-0.25, -0.2) is 0 Å². The summed E-state index contributed by atoms with van der Waals surface area (Å²) < 4.78 is 0. The van der Waals surface area contributed by atoms with Crippen LogP contribution in [0.15, 0.2) is 24.3 Å². The van der Waals surface area contributed by atoms with Gasteiger partial charge in [-0.15, -0.1) is 11.6 Å². The van der Waals surface area contributed by atoms with E-state index in [-0.39, 0.29) is 42.5 Å². The molecule has 4 amide bonds. The van der Waals surface area contributed by atoms with Gasteiger partial charge in [-0.2, -0.15) is 0 Å². The van der Waals surface area contributed by atoms with E-state index in [1.807, 2.05) is 0 Å². The number of nitrogens with zero attached hydrogens (tertiary/aromatic N) is 1. The van der Waals surface area contributed by atoms with Crippen LogP contribution in [0.3, 0.4) is 0 Å². The lowest BCUT2D eigenvalue weighted by Gasteiger charge is -2.13. The second-order valence-corrected chi connectivity index (χ2v) is 5.51. The van der Waals surface area contributed by atoms with Crippen molar-refractivity contribution in [1.82, 2.24) is 15.5 Å². The average molecular weight is 352 g/mol. The van der Waals surface area contributed by atoms with Crippen LogP contribution in [0.1, 0.15) is 33.6 Å². The Morgan fingerprint density at radius 1 is 0.958 bits per heavy atom. The summed E-state index contributed by atoms with van der Waals surface area (Å²) in [4.78, 5) is 48.0. The van der Waals surface area contributed by atoms with Crippen molar-refractivity contribution < 1.29 is 19.2 Å². The van der Waals surface area contributed by atoms with Gasteiger partial charge in [-0.05, 0) is 18.6 Å². The van der Waals surface area contributed by atoms with E-state index in [2.05, 4.69) is 10.6 Å². The van der Waals surface area contributed by atoms with E-state index in [1.54, 1.807) is 24.3 Å². The second-order valence-electron chi connectivity index (χ2n) is 5.24. The fourth-order valence-corrected chi connectivity index (χ4v) is 2.47. The number of alkyl halides is 1. The van der Waals surface area contributed by atoms with Crippen molar-refractivity contribution in [2.75, 3.05) is 25.5 Å². The summed E-state index contributed by atoms with van der Waals surface area (Å²) in [5, 5.41) is 5.17. The number of hydrogen-bond donors (Lipinski definition) is 2. The van der Waals surface area contributed by atoms with Crippen LogP contribution in [0.4, 0.5) is 0 Å². The van der Waals surface area contributed by atoms with Crippen LogP contribution in [0.25, 0.3) is 0 Å². The summed E-state index contributed by atoms with van der Waals surface area (Å²) in [5.74, 6) is -1.25. The van der Waals surface area contributed by atoms with Crippen molar-refractivity contribution in [1.29, 1.82) is 0 Å². The first-order chi connectivity index (χ1) is 11.5. The van der Waals surface area contributed by atoms with Crippen LogP contribution in [0.5, 0.6) is 0 Å². The van der Waals surface area contributed by atoms with Gasteiger partial charge in [0.25, 0.3) is 11.8 Å². The lowest BCUT2D eigenvalue weighted by Crippen LogP contribution is -2.36. The maximum atomic E-state index is 12.1. The highest BCUT2D eigenvalue weighted by atomic mass is 35.5. The second kappa shape index (κ2) is 8.44. The Balaban J connectivity index is 1.69. The predicted octanol–water partition coefficient (Wildman–Crippen LogP) is 0.534. The number of carbonyl (C=O) groups excluding carboxylic acids is 4. The third-order valence-electron chi connectivity index (χ3n) is 3.55. The van der Waals surface area contributed by atoms with Crippen LogP contribution in [0, 0.1) is 0 Å². The number of halogens is 1. The predicted molar refractivity (Wildman–Crippen MR) is 87.8 cm³/mol. The molecule has 0 spiro atoms. The Hall–Kier alpha value is -2.41. The molecule has 0 bridgehead atoms. The molecular formula is C16H18ClN3O4. The van der Waals surface area contributed by atoms with E-state index >= 15 is 0 Å². The number of benzene rings is 1. The molecule has 2 rings (SSSR count). The van der Waals surface area contributed by atoms with E-state index in [9.17, 15) is 19.2 Å². The summed E-state index contributed by atoms with van der Waals surface area (Å²) in [5.41, 5.74) is 0.809. The summed E-state index contributed by atoms with van der Waals surface area (Å²) in [7, 11) is 0. The SMILES string of the molecule is O=C(CCl)NCCNC(=O)CCCN1C(=O)c2ccccc2C1=O. The van der Waals surface area contributed by atoms with E-state index in [1.165, 1.54) is 4.90 Å². The number of hydrogen-bond acceptors (Lipinski definition) is 4. The van der Waals surface area contributed by atoms with E-state index in [4.69, 9.17) is 11.6 Å². The largest absolute Gasteiger partial charge is 0.354 e. The summed E-state index contributed by atoms with van der Waals surface area (Å²) in [6.07, 6.45) is 0.572. The smallest absolute Gasteiger partial charge is 0.261 e. The molecule has 0 unspecified atom stereocenters. The molecule has 8 heteroatoms. The molecule has 1 aromatic rings. The van der Waals surface area contributed by atoms with Crippen LogP contribution in [0.2, 0.25) is 0 Å². The minimum absolute atomic E-state index is 0.117. The molecule has 1 aliphatic rings. The van der Waals surface area contributed by atoms with Gasteiger partial charge in [0.05, 0.1) is 11.1 Å². The van der Waals surface area contributed by atoms with Gasteiger partial charge in [-0.3, -0.25) is 24.1 Å². The lowest BCUT2D eigenvalue weighted by atomic mass is 10.1. The zero-order chi connectivity index (χ0) is 17.5. The molecule has 0 fully saturated rings. The third-order valence-corrected chi connectivity index (χ3v) is 3.80. The standard InChI is InChI=1S/C16H18ClN3O4/c17-10-14(22)19-8-7-18-13(21)6-3-9-20-15(23)11-4-1-2-5-12(11)16(20)24/h1-2,4-5H,3,6-10H2,(H,18,21)(H,19,22). The van der Waals surface area contributed by atoms with Gasteiger partial charge in [0, 0.05) is 26.1 Å². The van der Waals surface area contributed by atoms with Crippen LogP contribution >= 0.6 is 11.6 Å². The zero-order valence-corrected chi connectivity index (χ0v) is 13.8. The van der Waals surface area contributed by atoms with Crippen molar-refractivity contribution in [3.63, 3.8) is 0 Å². The molecule has 128 valence electrons. The lowest BCUT2D eigenvalue weighted by molar-refractivity contribution is -0.122. The van der Waals surface area contributed by atoms with Crippen LogP contribution in [-0.2, 0) is 9.59 Å². The highest BCUT2D eigenvalue weighted by molar-refractivity contribution is 6.27. The minimum Gasteiger partial charge on any atom is -0.354 e. The van der Waals surface area contributed by atoms with Gasteiger partial charge < -0.3 is 10.6 Å². The molecule has 0 radical (unpaired) electrons. The van der Waals surface area contributed by atoms with Crippen molar-refractivity contribution in [3.05, 3.63) is 35.4 Å². The summed E-state index contributed by atoms with van der Waals surface area (Å²) in [6, 6.07) is 6.67. The Morgan fingerprint density at radius 2 is 1.50 bits per heavy atom. The molecule has 1 aliphatic heterocycles. The van der Waals surface area contributed by atoms with E-state index in [0.717, 1.165) is 0 Å². The fraction of sp³-hybridized carbons (Fsp3) is 0.375. The van der Waals surface area contributed by atoms with Crippen molar-refractivity contribution in [3.8, 4) is 0 Å². The first kappa shape index (κ1) is 17.9.